The average molecular weight is 345 g/mol. The van der Waals surface area contributed by atoms with Crippen LogP contribution < -0.4 is 5.32 Å². The molecule has 130 valence electrons. The molecule has 5 heteroatoms. The van der Waals surface area contributed by atoms with Crippen molar-refractivity contribution < 1.29 is 9.15 Å². The number of benzene rings is 2. The number of furan rings is 1. The first kappa shape index (κ1) is 16.3. The van der Waals surface area contributed by atoms with Crippen molar-refractivity contribution in [3.8, 4) is 0 Å². The van der Waals surface area contributed by atoms with Crippen molar-refractivity contribution >= 4 is 16.7 Å². The fourth-order valence-corrected chi connectivity index (χ4v) is 2.83. The van der Waals surface area contributed by atoms with E-state index in [4.69, 9.17) is 9.15 Å². The molecular weight excluding hydrogens is 326 g/mol. The van der Waals surface area contributed by atoms with Crippen LogP contribution in [-0.2, 0) is 24.5 Å². The zero-order chi connectivity index (χ0) is 17.6. The summed E-state index contributed by atoms with van der Waals surface area (Å²) in [4.78, 5) is 8.66. The van der Waals surface area contributed by atoms with Gasteiger partial charge >= 0.3 is 0 Å². The summed E-state index contributed by atoms with van der Waals surface area (Å²) >= 11 is 0. The highest BCUT2D eigenvalue weighted by Crippen LogP contribution is 2.19. The van der Waals surface area contributed by atoms with E-state index in [1.807, 2.05) is 42.5 Å². The molecule has 2 aromatic carbocycles. The van der Waals surface area contributed by atoms with Crippen molar-refractivity contribution in [3.05, 3.63) is 90.1 Å². The van der Waals surface area contributed by atoms with Gasteiger partial charge in [-0.3, -0.25) is 0 Å². The summed E-state index contributed by atoms with van der Waals surface area (Å²) < 4.78 is 11.0. The Kier molecular flexibility index (Phi) is 4.89. The van der Waals surface area contributed by atoms with Gasteiger partial charge in [0.1, 0.15) is 24.5 Å². The Balaban J connectivity index is 1.39. The van der Waals surface area contributed by atoms with Crippen LogP contribution in [0.3, 0.4) is 0 Å². The van der Waals surface area contributed by atoms with Crippen molar-refractivity contribution in [2.45, 2.75) is 19.8 Å². The maximum absolute atomic E-state index is 5.70. The van der Waals surface area contributed by atoms with Crippen LogP contribution in [-0.4, -0.2) is 9.97 Å². The van der Waals surface area contributed by atoms with Gasteiger partial charge in [-0.1, -0.05) is 36.4 Å². The van der Waals surface area contributed by atoms with Crippen LogP contribution in [0.4, 0.5) is 5.82 Å². The molecule has 26 heavy (non-hydrogen) atoms. The smallest absolute Gasteiger partial charge is 0.137 e. The Morgan fingerprint density at radius 3 is 2.73 bits per heavy atom. The van der Waals surface area contributed by atoms with Gasteiger partial charge in [0.25, 0.3) is 0 Å². The van der Waals surface area contributed by atoms with Crippen molar-refractivity contribution in [3.63, 3.8) is 0 Å². The zero-order valence-electron chi connectivity index (χ0n) is 14.3. The van der Waals surface area contributed by atoms with Crippen LogP contribution >= 0.6 is 0 Å². The molecule has 0 saturated carbocycles. The first-order valence-electron chi connectivity index (χ1n) is 8.50. The fourth-order valence-electron chi connectivity index (χ4n) is 2.83. The van der Waals surface area contributed by atoms with Crippen LogP contribution in [0.25, 0.3) is 10.9 Å². The molecule has 0 fully saturated rings. The van der Waals surface area contributed by atoms with E-state index in [-0.39, 0.29) is 0 Å². The summed E-state index contributed by atoms with van der Waals surface area (Å²) in [5, 5.41) is 4.42. The number of hydrogen-bond acceptors (Lipinski definition) is 5. The molecule has 0 aliphatic carbocycles. The van der Waals surface area contributed by atoms with E-state index in [0.717, 1.165) is 28.0 Å². The van der Waals surface area contributed by atoms with Gasteiger partial charge in [-0.25, -0.2) is 9.97 Å². The maximum atomic E-state index is 5.70. The molecule has 4 rings (SSSR count). The van der Waals surface area contributed by atoms with Crippen molar-refractivity contribution in [2.75, 3.05) is 5.32 Å². The lowest BCUT2D eigenvalue weighted by atomic mass is 10.1. The van der Waals surface area contributed by atoms with Gasteiger partial charge in [-0.05, 0) is 35.4 Å². The van der Waals surface area contributed by atoms with Crippen LogP contribution in [0.1, 0.15) is 16.9 Å². The van der Waals surface area contributed by atoms with E-state index in [9.17, 15) is 0 Å². The van der Waals surface area contributed by atoms with Gasteiger partial charge < -0.3 is 14.5 Å². The highest BCUT2D eigenvalue weighted by molar-refractivity contribution is 5.88. The third-order valence-electron chi connectivity index (χ3n) is 4.09. The molecule has 0 unspecified atom stereocenters. The van der Waals surface area contributed by atoms with Crippen molar-refractivity contribution in [1.29, 1.82) is 0 Å². The standard InChI is InChI=1S/C21H19N3O2/c1-2-9-20-19(8-1)21(24-15-23-20)22-12-16-5-3-6-17(11-16)13-25-14-18-7-4-10-26-18/h1-11,15H,12-14H2,(H,22,23,24). The molecular formula is C21H19N3O2. The summed E-state index contributed by atoms with van der Waals surface area (Å²) in [6.45, 7) is 1.71. The number of para-hydroxylation sites is 1. The number of nitrogens with zero attached hydrogens (tertiary/aromatic N) is 2. The second-order valence-electron chi connectivity index (χ2n) is 5.99. The van der Waals surface area contributed by atoms with Crippen LogP contribution in [0.15, 0.2) is 77.7 Å². The van der Waals surface area contributed by atoms with Crippen LogP contribution in [0.5, 0.6) is 0 Å². The average Bonchev–Trinajstić information content (AvgIpc) is 3.20. The van der Waals surface area contributed by atoms with E-state index in [0.29, 0.717) is 19.8 Å². The lowest BCUT2D eigenvalue weighted by Gasteiger charge is -2.10. The van der Waals surface area contributed by atoms with Crippen LogP contribution in [0, 0.1) is 0 Å². The minimum Gasteiger partial charge on any atom is -0.467 e. The Labute approximate surface area is 151 Å². The van der Waals surface area contributed by atoms with Crippen LogP contribution in [0.2, 0.25) is 0 Å². The Morgan fingerprint density at radius 1 is 0.885 bits per heavy atom. The topological polar surface area (TPSA) is 60.2 Å². The van der Waals surface area contributed by atoms with E-state index < -0.39 is 0 Å². The molecule has 2 heterocycles. The largest absolute Gasteiger partial charge is 0.467 e. The number of ether oxygens (including phenoxy) is 1. The zero-order valence-corrected chi connectivity index (χ0v) is 14.3. The molecule has 0 spiro atoms. The van der Waals surface area contributed by atoms with Crippen molar-refractivity contribution in [1.82, 2.24) is 9.97 Å². The predicted octanol–water partition coefficient (Wildman–Crippen LogP) is 4.55. The van der Waals surface area contributed by atoms with E-state index in [1.165, 1.54) is 5.56 Å². The predicted molar refractivity (Wildman–Crippen MR) is 101 cm³/mol. The van der Waals surface area contributed by atoms with Gasteiger partial charge in [-0.15, -0.1) is 0 Å². The Hall–Kier alpha value is -3.18. The number of nitrogens with one attached hydrogen (secondary N) is 1. The van der Waals surface area contributed by atoms with Gasteiger partial charge in [0.15, 0.2) is 0 Å². The number of rotatable bonds is 7. The summed E-state index contributed by atoms with van der Waals surface area (Å²) in [6, 6.07) is 20.1. The second kappa shape index (κ2) is 7.80. The maximum Gasteiger partial charge on any atom is 0.137 e. The molecule has 5 nitrogen and oxygen atoms in total. The van der Waals surface area contributed by atoms with Gasteiger partial charge in [0.2, 0.25) is 0 Å². The molecule has 0 bridgehead atoms. The van der Waals surface area contributed by atoms with Gasteiger partial charge in [-0.2, -0.15) is 0 Å². The molecule has 0 amide bonds. The number of hydrogen-bond donors (Lipinski definition) is 1. The highest BCUT2D eigenvalue weighted by Gasteiger charge is 2.03. The first-order valence-corrected chi connectivity index (χ1v) is 8.50. The summed E-state index contributed by atoms with van der Waals surface area (Å²) in [5.74, 6) is 1.67. The molecule has 0 aliphatic rings. The van der Waals surface area contributed by atoms with Crippen molar-refractivity contribution in [2.24, 2.45) is 0 Å². The lowest BCUT2D eigenvalue weighted by molar-refractivity contribution is 0.0929. The highest BCUT2D eigenvalue weighted by atomic mass is 16.5. The number of anilines is 1. The Morgan fingerprint density at radius 2 is 1.81 bits per heavy atom. The van der Waals surface area contributed by atoms with Gasteiger partial charge in [0.05, 0.1) is 18.4 Å². The fraction of sp³-hybridized carbons (Fsp3) is 0.143. The second-order valence-corrected chi connectivity index (χ2v) is 5.99. The van der Waals surface area contributed by atoms with Gasteiger partial charge in [0, 0.05) is 11.9 Å². The molecule has 0 saturated heterocycles. The Bertz CT molecular complexity index is 978. The summed E-state index contributed by atoms with van der Waals surface area (Å²) in [5.41, 5.74) is 3.24. The van der Waals surface area contributed by atoms with E-state index in [2.05, 4.69) is 33.5 Å². The van der Waals surface area contributed by atoms with E-state index >= 15 is 0 Å². The summed E-state index contributed by atoms with van der Waals surface area (Å²) in [7, 11) is 0. The quantitative estimate of drug-likeness (QED) is 0.532. The normalized spacial score (nSPS) is 10.9. The minimum atomic E-state index is 0.475. The summed E-state index contributed by atoms with van der Waals surface area (Å²) in [6.07, 6.45) is 3.24. The first-order chi connectivity index (χ1) is 12.9. The number of aromatic nitrogens is 2. The molecule has 0 aliphatic heterocycles. The number of fused-ring (bicyclic) bond motifs is 1. The third-order valence-corrected chi connectivity index (χ3v) is 4.09. The third kappa shape index (κ3) is 3.90. The monoisotopic (exact) mass is 345 g/mol. The molecule has 2 aromatic heterocycles. The van der Waals surface area contributed by atoms with E-state index in [1.54, 1.807) is 12.6 Å². The lowest BCUT2D eigenvalue weighted by Crippen LogP contribution is -2.03. The molecule has 0 atom stereocenters. The molecule has 1 N–H and O–H groups in total. The SMILES string of the molecule is c1cc(CNc2ncnc3ccccc23)cc(COCc2ccco2)c1. The molecule has 0 radical (unpaired) electrons. The molecule has 4 aromatic rings. The minimum absolute atomic E-state index is 0.475.